The van der Waals surface area contributed by atoms with Gasteiger partial charge in [-0.1, -0.05) is 0 Å². The monoisotopic (exact) mass is 160 g/mol. The topological polar surface area (TPSA) is 96.2 Å². The van der Waals surface area contributed by atoms with Gasteiger partial charge in [0.05, 0.1) is 0 Å². The molecule has 0 unspecified atom stereocenters. The first-order valence-electron chi connectivity index (χ1n) is 3.15. The summed E-state index contributed by atoms with van der Waals surface area (Å²) in [7, 11) is 1.50. The highest BCUT2D eigenvalue weighted by Crippen LogP contribution is 1.73. The van der Waals surface area contributed by atoms with Gasteiger partial charge in [-0.25, -0.2) is 10.6 Å². The van der Waals surface area contributed by atoms with E-state index < -0.39 is 0 Å². The number of urea groups is 1. The minimum Gasteiger partial charge on any atom is -0.341 e. The van der Waals surface area contributed by atoms with Gasteiger partial charge in [0.25, 0.3) is 0 Å². The molecule has 3 amide bonds. The molecule has 0 saturated carbocycles. The summed E-state index contributed by atoms with van der Waals surface area (Å²) in [4.78, 5) is 21.0. The van der Waals surface area contributed by atoms with Gasteiger partial charge >= 0.3 is 6.03 Å². The lowest BCUT2D eigenvalue weighted by Crippen LogP contribution is -2.37. The minimum atomic E-state index is -0.310. The molecular formula is C5H12N4O2. The van der Waals surface area contributed by atoms with Crippen molar-refractivity contribution in [1.29, 1.82) is 0 Å². The molecule has 64 valence electrons. The van der Waals surface area contributed by atoms with E-state index in [0.717, 1.165) is 0 Å². The predicted molar refractivity (Wildman–Crippen MR) is 39.4 cm³/mol. The first-order chi connectivity index (χ1) is 5.20. The zero-order valence-electron chi connectivity index (χ0n) is 6.31. The fourth-order valence-electron chi connectivity index (χ4n) is 0.450. The number of nitrogens with two attached hydrogens (primary N) is 1. The van der Waals surface area contributed by atoms with E-state index in [1.165, 1.54) is 7.05 Å². The number of carbonyl (C=O) groups excluding carboxylic acids is 2. The number of rotatable bonds is 3. The molecule has 0 fully saturated rings. The molecule has 0 aliphatic heterocycles. The minimum absolute atomic E-state index is 0.184. The second-order valence-electron chi connectivity index (χ2n) is 1.82. The van der Waals surface area contributed by atoms with E-state index in [-0.39, 0.29) is 24.9 Å². The van der Waals surface area contributed by atoms with Crippen molar-refractivity contribution < 1.29 is 9.59 Å². The fourth-order valence-corrected chi connectivity index (χ4v) is 0.450. The number of hydrogen-bond donors (Lipinski definition) is 4. The van der Waals surface area contributed by atoms with E-state index in [1.54, 1.807) is 0 Å². The second-order valence-corrected chi connectivity index (χ2v) is 1.82. The normalized spacial score (nSPS) is 8.55. The molecule has 11 heavy (non-hydrogen) atoms. The number of hydrazine groups is 1. The lowest BCUT2D eigenvalue weighted by Gasteiger charge is -2.02. The first kappa shape index (κ1) is 9.70. The lowest BCUT2D eigenvalue weighted by atomic mass is 10.4. The van der Waals surface area contributed by atoms with Crippen molar-refractivity contribution in [3.63, 3.8) is 0 Å². The average molecular weight is 160 g/mol. The number of hydrogen-bond acceptors (Lipinski definition) is 3. The molecule has 0 saturated heterocycles. The van der Waals surface area contributed by atoms with Gasteiger partial charge in [0.2, 0.25) is 5.91 Å². The Kier molecular flexibility index (Phi) is 4.83. The molecule has 5 N–H and O–H groups in total. The highest BCUT2D eigenvalue weighted by atomic mass is 16.2. The van der Waals surface area contributed by atoms with Crippen molar-refractivity contribution in [3.8, 4) is 0 Å². The molecule has 0 spiro atoms. The molecule has 0 aromatic rings. The van der Waals surface area contributed by atoms with Gasteiger partial charge in [-0.15, -0.1) is 0 Å². The molecule has 0 heterocycles. The smallest absolute Gasteiger partial charge is 0.314 e. The van der Waals surface area contributed by atoms with Gasteiger partial charge in [0, 0.05) is 20.0 Å². The molecule has 0 aliphatic rings. The van der Waals surface area contributed by atoms with E-state index in [1.807, 2.05) is 5.43 Å². The third-order valence-corrected chi connectivity index (χ3v) is 1.03. The van der Waals surface area contributed by atoms with Crippen LogP contribution in [-0.2, 0) is 4.79 Å². The van der Waals surface area contributed by atoms with Crippen LogP contribution in [0.4, 0.5) is 4.79 Å². The summed E-state index contributed by atoms with van der Waals surface area (Å²) in [5.74, 6) is 4.49. The highest BCUT2D eigenvalue weighted by Gasteiger charge is 1.98. The van der Waals surface area contributed by atoms with Crippen molar-refractivity contribution >= 4 is 11.9 Å². The van der Waals surface area contributed by atoms with Crippen LogP contribution in [0.15, 0.2) is 0 Å². The third kappa shape index (κ3) is 5.16. The van der Waals surface area contributed by atoms with Crippen LogP contribution in [0.25, 0.3) is 0 Å². The largest absolute Gasteiger partial charge is 0.341 e. The van der Waals surface area contributed by atoms with Crippen LogP contribution in [0.1, 0.15) is 6.42 Å². The van der Waals surface area contributed by atoms with Crippen molar-refractivity contribution in [1.82, 2.24) is 16.1 Å². The Labute approximate surface area is 64.5 Å². The number of nitrogens with one attached hydrogen (secondary N) is 3. The molecule has 0 aliphatic carbocycles. The fraction of sp³-hybridized carbons (Fsp3) is 0.600. The van der Waals surface area contributed by atoms with Crippen LogP contribution in [0, 0.1) is 0 Å². The first-order valence-corrected chi connectivity index (χ1v) is 3.15. The van der Waals surface area contributed by atoms with Gasteiger partial charge in [0.1, 0.15) is 0 Å². The summed E-state index contributed by atoms with van der Waals surface area (Å²) in [6, 6.07) is -0.310. The van der Waals surface area contributed by atoms with Crippen molar-refractivity contribution in [2.24, 2.45) is 5.84 Å². The molecule has 0 aromatic carbocycles. The Morgan fingerprint density at radius 1 is 1.45 bits per heavy atom. The second kappa shape index (κ2) is 5.48. The van der Waals surface area contributed by atoms with E-state index in [2.05, 4.69) is 10.6 Å². The summed E-state index contributed by atoms with van der Waals surface area (Å²) in [6.07, 6.45) is 0.184. The zero-order chi connectivity index (χ0) is 8.69. The van der Waals surface area contributed by atoms with E-state index in [4.69, 9.17) is 5.84 Å². The Bertz CT molecular complexity index is 131. The number of carbonyl (C=O) groups is 2. The van der Waals surface area contributed by atoms with E-state index in [0.29, 0.717) is 0 Å². The maximum absolute atomic E-state index is 10.5. The molecule has 0 bridgehead atoms. The molecular weight excluding hydrogens is 148 g/mol. The lowest BCUT2D eigenvalue weighted by molar-refractivity contribution is -0.121. The van der Waals surface area contributed by atoms with Gasteiger partial charge in [-0.2, -0.15) is 0 Å². The van der Waals surface area contributed by atoms with Crippen LogP contribution in [0.3, 0.4) is 0 Å². The predicted octanol–water partition coefficient (Wildman–Crippen LogP) is -1.70. The summed E-state index contributed by atoms with van der Waals surface area (Å²) in [5, 5.41) is 4.77. The van der Waals surface area contributed by atoms with Gasteiger partial charge < -0.3 is 10.6 Å². The van der Waals surface area contributed by atoms with Gasteiger partial charge in [-0.3, -0.25) is 10.2 Å². The standard InChI is InChI=1S/C5H12N4O2/c1-7-5(11)8-3-2-4(10)9-6/h2-3,6H2,1H3,(H,9,10)(H2,7,8,11). The third-order valence-electron chi connectivity index (χ3n) is 1.03. The Morgan fingerprint density at radius 3 is 2.55 bits per heavy atom. The average Bonchev–Trinajstić information content (AvgIpc) is 2.04. The summed E-state index contributed by atoms with van der Waals surface area (Å²) >= 11 is 0. The molecule has 0 aromatic heterocycles. The van der Waals surface area contributed by atoms with Gasteiger partial charge in [0.15, 0.2) is 0 Å². The Hall–Kier alpha value is -1.30. The van der Waals surface area contributed by atoms with Crippen LogP contribution in [0.5, 0.6) is 0 Å². The zero-order valence-corrected chi connectivity index (χ0v) is 6.31. The SMILES string of the molecule is CNC(=O)NCCC(=O)NN. The van der Waals surface area contributed by atoms with Crippen LogP contribution in [-0.4, -0.2) is 25.5 Å². The van der Waals surface area contributed by atoms with E-state index in [9.17, 15) is 9.59 Å². The molecule has 0 radical (unpaired) electrons. The molecule has 0 rings (SSSR count). The van der Waals surface area contributed by atoms with Crippen LogP contribution < -0.4 is 21.9 Å². The van der Waals surface area contributed by atoms with Gasteiger partial charge in [-0.05, 0) is 0 Å². The van der Waals surface area contributed by atoms with Crippen LogP contribution >= 0.6 is 0 Å². The summed E-state index contributed by atoms with van der Waals surface area (Å²) < 4.78 is 0. The van der Waals surface area contributed by atoms with E-state index >= 15 is 0 Å². The number of amides is 3. The summed E-state index contributed by atoms with van der Waals surface area (Å²) in [6.45, 7) is 0.280. The van der Waals surface area contributed by atoms with Crippen LogP contribution in [0.2, 0.25) is 0 Å². The quantitative estimate of drug-likeness (QED) is 0.225. The van der Waals surface area contributed by atoms with Crippen molar-refractivity contribution in [3.05, 3.63) is 0 Å². The molecule has 6 heteroatoms. The molecule has 0 atom stereocenters. The van der Waals surface area contributed by atoms with Crippen molar-refractivity contribution in [2.45, 2.75) is 6.42 Å². The Balaban J connectivity index is 3.27. The molecule has 6 nitrogen and oxygen atoms in total. The maximum atomic E-state index is 10.5. The Morgan fingerprint density at radius 2 is 2.09 bits per heavy atom. The highest BCUT2D eigenvalue weighted by molar-refractivity contribution is 5.77. The maximum Gasteiger partial charge on any atom is 0.314 e. The van der Waals surface area contributed by atoms with Crippen molar-refractivity contribution in [2.75, 3.05) is 13.6 Å². The summed E-state index contributed by atoms with van der Waals surface area (Å²) in [5.41, 5.74) is 1.95.